The molecule has 3 aromatic carbocycles. The third kappa shape index (κ3) is 6.33. The predicted octanol–water partition coefficient (Wildman–Crippen LogP) is 6.68. The molecule has 0 aliphatic carbocycles. The van der Waals surface area contributed by atoms with Crippen LogP contribution < -0.4 is 4.74 Å². The Balaban J connectivity index is 1.72. The van der Waals surface area contributed by atoms with Gasteiger partial charge in [-0.25, -0.2) is 0 Å². The Hall–Kier alpha value is -2.91. The van der Waals surface area contributed by atoms with E-state index in [-0.39, 0.29) is 5.78 Å². The highest BCUT2D eigenvalue weighted by atomic mass is 16.5. The predicted molar refractivity (Wildman–Crippen MR) is 137 cm³/mol. The molecule has 0 bridgehead atoms. The van der Waals surface area contributed by atoms with Gasteiger partial charge in [0.2, 0.25) is 0 Å². The zero-order valence-corrected chi connectivity index (χ0v) is 20.5. The molecule has 3 rings (SSSR count). The van der Waals surface area contributed by atoms with Crippen LogP contribution in [0.5, 0.6) is 5.75 Å². The van der Waals surface area contributed by atoms with Gasteiger partial charge in [0, 0.05) is 23.9 Å². The van der Waals surface area contributed by atoms with E-state index in [4.69, 9.17) is 4.74 Å². The molecule has 0 aliphatic heterocycles. The molecule has 3 aromatic rings. The minimum absolute atomic E-state index is 0.140. The molecular formula is C30H37NO2. The number of hydrogen-bond acceptors (Lipinski definition) is 3. The first-order valence-corrected chi connectivity index (χ1v) is 12.1. The topological polar surface area (TPSA) is 29.5 Å². The highest BCUT2D eigenvalue weighted by Crippen LogP contribution is 2.36. The van der Waals surface area contributed by atoms with Crippen molar-refractivity contribution in [3.05, 3.63) is 101 Å². The number of benzene rings is 3. The highest BCUT2D eigenvalue weighted by molar-refractivity contribution is 5.97. The first-order valence-electron chi connectivity index (χ1n) is 12.1. The van der Waals surface area contributed by atoms with Crippen molar-refractivity contribution in [1.82, 2.24) is 4.90 Å². The summed E-state index contributed by atoms with van der Waals surface area (Å²) in [6.45, 7) is 12.4. The lowest BCUT2D eigenvalue weighted by Crippen LogP contribution is -2.27. The fraction of sp³-hybridized carbons (Fsp3) is 0.367. The quantitative estimate of drug-likeness (QED) is 0.231. The molecule has 0 atom stereocenters. The lowest BCUT2D eigenvalue weighted by molar-refractivity contribution is 0.0962. The molecule has 0 unspecified atom stereocenters. The van der Waals surface area contributed by atoms with Crippen molar-refractivity contribution in [2.45, 2.75) is 46.0 Å². The normalized spacial score (nSPS) is 11.5. The Morgan fingerprint density at radius 3 is 1.97 bits per heavy atom. The van der Waals surface area contributed by atoms with E-state index in [2.05, 4.69) is 49.9 Å². The lowest BCUT2D eigenvalue weighted by Gasteiger charge is -2.30. The summed E-state index contributed by atoms with van der Waals surface area (Å²) in [5.74, 6) is 1.00. The minimum atomic E-state index is -0.396. The Morgan fingerprint density at radius 1 is 0.879 bits per heavy atom. The highest BCUT2D eigenvalue weighted by Gasteiger charge is 2.32. The van der Waals surface area contributed by atoms with E-state index in [1.54, 1.807) is 0 Å². The van der Waals surface area contributed by atoms with Crippen molar-refractivity contribution in [2.24, 2.45) is 0 Å². The van der Waals surface area contributed by atoms with Crippen LogP contribution in [0.2, 0.25) is 0 Å². The summed E-state index contributed by atoms with van der Waals surface area (Å²) >= 11 is 0. The molecular weight excluding hydrogens is 406 g/mol. The molecule has 0 amide bonds. The Morgan fingerprint density at radius 2 is 1.45 bits per heavy atom. The number of aryl methyl sites for hydroxylation is 1. The molecule has 0 heterocycles. The zero-order valence-electron chi connectivity index (χ0n) is 20.5. The van der Waals surface area contributed by atoms with Crippen LogP contribution in [-0.4, -0.2) is 36.9 Å². The maximum absolute atomic E-state index is 13.4. The van der Waals surface area contributed by atoms with Gasteiger partial charge in [-0.15, -0.1) is 0 Å². The number of rotatable bonds is 12. The van der Waals surface area contributed by atoms with Crippen LogP contribution in [0.1, 0.15) is 60.7 Å². The number of Topliss-reactive ketones (excluding diaryl/α,β-unsaturated/α-hetero) is 1. The largest absolute Gasteiger partial charge is 0.493 e. The van der Waals surface area contributed by atoms with Crippen molar-refractivity contribution in [1.29, 1.82) is 0 Å². The molecule has 3 nitrogen and oxygen atoms in total. The molecule has 0 aliphatic rings. The standard InChI is InChI=1S/C30H37NO2/c1-5-31(6-2)20-13-21-33-29-19-18-25(22-24(29)3)28(32)23-30(4,26-14-9-7-10-15-26)27-16-11-8-12-17-27/h7-12,14-19,22H,5-6,13,20-21,23H2,1-4H3. The second kappa shape index (κ2) is 11.8. The van der Waals surface area contributed by atoms with Crippen LogP contribution in [-0.2, 0) is 5.41 Å². The van der Waals surface area contributed by atoms with Crippen molar-refractivity contribution in [3.63, 3.8) is 0 Å². The fourth-order valence-corrected chi connectivity index (χ4v) is 4.40. The SMILES string of the molecule is CCN(CC)CCCOc1ccc(C(=O)CC(C)(c2ccccc2)c2ccccc2)cc1C. The van der Waals surface area contributed by atoms with E-state index in [1.165, 1.54) is 0 Å². The zero-order chi connectivity index (χ0) is 23.7. The molecule has 0 fully saturated rings. The minimum Gasteiger partial charge on any atom is -0.493 e. The van der Waals surface area contributed by atoms with E-state index in [9.17, 15) is 4.79 Å². The Bertz CT molecular complexity index is 970. The van der Waals surface area contributed by atoms with Crippen molar-refractivity contribution < 1.29 is 9.53 Å². The average Bonchev–Trinajstić information content (AvgIpc) is 2.86. The number of nitrogens with zero attached hydrogens (tertiary/aromatic N) is 1. The van der Waals surface area contributed by atoms with Crippen LogP contribution in [0.4, 0.5) is 0 Å². The maximum Gasteiger partial charge on any atom is 0.164 e. The molecule has 0 radical (unpaired) electrons. The van der Waals surface area contributed by atoms with Gasteiger partial charge >= 0.3 is 0 Å². The van der Waals surface area contributed by atoms with Crippen molar-refractivity contribution in [3.8, 4) is 5.75 Å². The molecule has 0 N–H and O–H groups in total. The van der Waals surface area contributed by atoms with Crippen LogP contribution in [0.25, 0.3) is 0 Å². The van der Waals surface area contributed by atoms with Crippen LogP contribution in [0, 0.1) is 6.92 Å². The summed E-state index contributed by atoms with van der Waals surface area (Å²) in [7, 11) is 0. The number of carbonyl (C=O) groups is 1. The van der Waals surface area contributed by atoms with Gasteiger partial charge in [-0.05, 0) is 61.3 Å². The molecule has 0 saturated carbocycles. The number of carbonyl (C=O) groups excluding carboxylic acids is 1. The smallest absolute Gasteiger partial charge is 0.164 e. The average molecular weight is 444 g/mol. The second-order valence-corrected chi connectivity index (χ2v) is 8.87. The lowest BCUT2D eigenvalue weighted by atomic mass is 9.72. The van der Waals surface area contributed by atoms with Crippen LogP contribution in [0.15, 0.2) is 78.9 Å². The Kier molecular flexibility index (Phi) is 8.85. The van der Waals surface area contributed by atoms with E-state index in [0.29, 0.717) is 13.0 Å². The van der Waals surface area contributed by atoms with Gasteiger partial charge in [0.1, 0.15) is 5.75 Å². The van der Waals surface area contributed by atoms with E-state index >= 15 is 0 Å². The summed E-state index contributed by atoms with van der Waals surface area (Å²) in [4.78, 5) is 15.8. The van der Waals surface area contributed by atoms with Gasteiger partial charge in [0.05, 0.1) is 6.61 Å². The first kappa shape index (κ1) is 24.7. The van der Waals surface area contributed by atoms with E-state index in [1.807, 2.05) is 61.5 Å². The third-order valence-electron chi connectivity index (χ3n) is 6.60. The molecule has 0 spiro atoms. The van der Waals surface area contributed by atoms with Gasteiger partial charge < -0.3 is 9.64 Å². The first-order chi connectivity index (χ1) is 16.0. The monoisotopic (exact) mass is 443 g/mol. The van der Waals surface area contributed by atoms with Gasteiger partial charge in [0.15, 0.2) is 5.78 Å². The van der Waals surface area contributed by atoms with E-state index < -0.39 is 5.41 Å². The van der Waals surface area contributed by atoms with Crippen molar-refractivity contribution >= 4 is 5.78 Å². The summed E-state index contributed by atoms with van der Waals surface area (Å²) < 4.78 is 6.01. The summed E-state index contributed by atoms with van der Waals surface area (Å²) in [6.07, 6.45) is 1.40. The maximum atomic E-state index is 13.4. The number of hydrogen-bond donors (Lipinski definition) is 0. The number of ether oxygens (including phenoxy) is 1. The van der Waals surface area contributed by atoms with Gasteiger partial charge in [-0.2, -0.15) is 0 Å². The third-order valence-corrected chi connectivity index (χ3v) is 6.60. The fourth-order valence-electron chi connectivity index (χ4n) is 4.40. The molecule has 0 saturated heterocycles. The van der Waals surface area contributed by atoms with Gasteiger partial charge in [-0.3, -0.25) is 4.79 Å². The van der Waals surface area contributed by atoms with Crippen LogP contribution >= 0.6 is 0 Å². The summed E-state index contributed by atoms with van der Waals surface area (Å²) in [5.41, 5.74) is 3.64. The van der Waals surface area contributed by atoms with Crippen molar-refractivity contribution in [2.75, 3.05) is 26.2 Å². The van der Waals surface area contributed by atoms with E-state index in [0.717, 1.165) is 54.1 Å². The summed E-state index contributed by atoms with van der Waals surface area (Å²) in [5, 5.41) is 0. The molecule has 3 heteroatoms. The molecule has 174 valence electrons. The molecule has 33 heavy (non-hydrogen) atoms. The second-order valence-electron chi connectivity index (χ2n) is 8.87. The van der Waals surface area contributed by atoms with Gasteiger partial charge in [-0.1, -0.05) is 81.4 Å². The molecule has 0 aromatic heterocycles. The van der Waals surface area contributed by atoms with Gasteiger partial charge in [0.25, 0.3) is 0 Å². The van der Waals surface area contributed by atoms with Crippen LogP contribution in [0.3, 0.4) is 0 Å². The Labute approximate surface area is 199 Å². The number of ketones is 1. The summed E-state index contributed by atoms with van der Waals surface area (Å²) in [6, 6.07) is 26.5.